The van der Waals surface area contributed by atoms with Crippen LogP contribution in [0.25, 0.3) is 0 Å². The van der Waals surface area contributed by atoms with Crippen LogP contribution in [0.15, 0.2) is 0 Å². The van der Waals surface area contributed by atoms with Crippen LogP contribution in [0.2, 0.25) is 0 Å². The topological polar surface area (TPSA) is 29.3 Å². The fraction of sp³-hybridized carbons (Fsp3) is 1.00. The first-order valence-corrected chi connectivity index (χ1v) is 6.82. The lowest BCUT2D eigenvalue weighted by atomic mass is 9.95. The summed E-state index contributed by atoms with van der Waals surface area (Å²) >= 11 is 0. The van der Waals surface area contributed by atoms with Crippen LogP contribution >= 0.6 is 0 Å². The normalized spacial score (nSPS) is 31.2. The minimum Gasteiger partial charge on any atom is -0.329 e. The van der Waals surface area contributed by atoms with Crippen molar-refractivity contribution in [1.82, 2.24) is 4.90 Å². The molecule has 1 heterocycles. The molecule has 0 aromatic carbocycles. The average molecular weight is 210 g/mol. The predicted molar refractivity (Wildman–Crippen MR) is 64.8 cm³/mol. The smallest absolute Gasteiger partial charge is 0.0249 e. The Balaban J connectivity index is 1.98. The zero-order chi connectivity index (χ0) is 10.7. The maximum Gasteiger partial charge on any atom is 0.0249 e. The molecule has 0 spiro atoms. The van der Waals surface area contributed by atoms with Crippen LogP contribution in [0.5, 0.6) is 0 Å². The van der Waals surface area contributed by atoms with Gasteiger partial charge in [0, 0.05) is 18.6 Å². The van der Waals surface area contributed by atoms with Gasteiger partial charge in [-0.1, -0.05) is 19.8 Å². The van der Waals surface area contributed by atoms with E-state index in [2.05, 4.69) is 11.8 Å². The van der Waals surface area contributed by atoms with Gasteiger partial charge in [0.05, 0.1) is 0 Å². The summed E-state index contributed by atoms with van der Waals surface area (Å²) in [4.78, 5) is 2.73. The van der Waals surface area contributed by atoms with E-state index >= 15 is 0 Å². The van der Waals surface area contributed by atoms with Crippen LogP contribution in [0, 0.1) is 5.92 Å². The number of rotatable bonds is 4. The van der Waals surface area contributed by atoms with Crippen molar-refractivity contribution < 1.29 is 0 Å². The molecule has 1 saturated heterocycles. The Morgan fingerprint density at radius 1 is 1.20 bits per heavy atom. The number of hydrogen-bond donors (Lipinski definition) is 1. The van der Waals surface area contributed by atoms with Gasteiger partial charge in [-0.05, 0) is 44.6 Å². The molecule has 1 saturated carbocycles. The van der Waals surface area contributed by atoms with Gasteiger partial charge >= 0.3 is 0 Å². The summed E-state index contributed by atoms with van der Waals surface area (Å²) in [6.45, 7) is 4.50. The zero-order valence-electron chi connectivity index (χ0n) is 10.1. The second kappa shape index (κ2) is 5.31. The first kappa shape index (κ1) is 11.4. The summed E-state index contributed by atoms with van der Waals surface area (Å²) in [5, 5.41) is 0. The molecular weight excluding hydrogens is 184 g/mol. The van der Waals surface area contributed by atoms with Crippen molar-refractivity contribution in [3.05, 3.63) is 0 Å². The van der Waals surface area contributed by atoms with E-state index in [9.17, 15) is 0 Å². The summed E-state index contributed by atoms with van der Waals surface area (Å²) in [6.07, 6.45) is 9.83. The van der Waals surface area contributed by atoms with Gasteiger partial charge in [-0.25, -0.2) is 0 Å². The molecule has 2 unspecified atom stereocenters. The number of likely N-dealkylation sites (tertiary alicyclic amines) is 1. The van der Waals surface area contributed by atoms with Crippen molar-refractivity contribution in [3.8, 4) is 0 Å². The summed E-state index contributed by atoms with van der Waals surface area (Å²) in [5.74, 6) is 0.905. The highest BCUT2D eigenvalue weighted by Crippen LogP contribution is 2.33. The molecule has 2 aliphatic rings. The third kappa shape index (κ3) is 2.36. The molecule has 0 aromatic rings. The van der Waals surface area contributed by atoms with E-state index < -0.39 is 0 Å². The Bertz CT molecular complexity index is 187. The van der Waals surface area contributed by atoms with Crippen molar-refractivity contribution in [2.75, 3.05) is 13.1 Å². The molecule has 0 aromatic heterocycles. The second-order valence-corrected chi connectivity index (χ2v) is 5.29. The molecule has 88 valence electrons. The standard InChI is InChI=1S/C13H26N2/c1-2-12-8-5-9-15(12)13(10-14)11-6-3-4-7-11/h11-13H,2-10,14H2,1H3. The summed E-state index contributed by atoms with van der Waals surface area (Å²) in [7, 11) is 0. The Labute approximate surface area is 94.2 Å². The van der Waals surface area contributed by atoms with E-state index in [-0.39, 0.29) is 0 Å². The lowest BCUT2D eigenvalue weighted by molar-refractivity contribution is 0.130. The highest BCUT2D eigenvalue weighted by molar-refractivity contribution is 4.90. The van der Waals surface area contributed by atoms with Gasteiger partial charge in [0.15, 0.2) is 0 Å². The maximum absolute atomic E-state index is 6.01. The van der Waals surface area contributed by atoms with Gasteiger partial charge in [-0.2, -0.15) is 0 Å². The lowest BCUT2D eigenvalue weighted by Gasteiger charge is -2.35. The van der Waals surface area contributed by atoms with Gasteiger partial charge in [-0.15, -0.1) is 0 Å². The third-order valence-corrected chi connectivity index (χ3v) is 4.51. The summed E-state index contributed by atoms with van der Waals surface area (Å²) in [5.41, 5.74) is 6.01. The molecule has 2 nitrogen and oxygen atoms in total. The van der Waals surface area contributed by atoms with E-state index in [4.69, 9.17) is 5.73 Å². The van der Waals surface area contributed by atoms with E-state index in [1.54, 1.807) is 0 Å². The largest absolute Gasteiger partial charge is 0.329 e. The van der Waals surface area contributed by atoms with Crippen molar-refractivity contribution in [2.24, 2.45) is 11.7 Å². The third-order valence-electron chi connectivity index (χ3n) is 4.51. The molecule has 2 fully saturated rings. The molecule has 2 N–H and O–H groups in total. The molecule has 2 rings (SSSR count). The minimum absolute atomic E-state index is 0.694. The van der Waals surface area contributed by atoms with Gasteiger partial charge in [-0.3, -0.25) is 4.90 Å². The van der Waals surface area contributed by atoms with Gasteiger partial charge < -0.3 is 5.73 Å². The maximum atomic E-state index is 6.01. The Morgan fingerprint density at radius 3 is 2.53 bits per heavy atom. The lowest BCUT2D eigenvalue weighted by Crippen LogP contribution is -2.47. The van der Waals surface area contributed by atoms with Crippen LogP contribution < -0.4 is 5.73 Å². The Kier molecular flexibility index (Phi) is 4.04. The van der Waals surface area contributed by atoms with Crippen LogP contribution in [0.4, 0.5) is 0 Å². The van der Waals surface area contributed by atoms with Crippen molar-refractivity contribution in [3.63, 3.8) is 0 Å². The first-order valence-electron chi connectivity index (χ1n) is 6.82. The average Bonchev–Trinajstić information content (AvgIpc) is 2.89. The molecule has 2 atom stereocenters. The molecule has 15 heavy (non-hydrogen) atoms. The molecular formula is C13H26N2. The molecule has 1 aliphatic heterocycles. The van der Waals surface area contributed by atoms with Crippen LogP contribution in [0.3, 0.4) is 0 Å². The number of nitrogens with zero attached hydrogens (tertiary/aromatic N) is 1. The molecule has 2 heteroatoms. The monoisotopic (exact) mass is 210 g/mol. The van der Waals surface area contributed by atoms with Gasteiger partial charge in [0.1, 0.15) is 0 Å². The van der Waals surface area contributed by atoms with Gasteiger partial charge in [0.25, 0.3) is 0 Å². The SMILES string of the molecule is CCC1CCCN1C(CN)C1CCCC1. The van der Waals surface area contributed by atoms with E-state index in [0.717, 1.165) is 18.5 Å². The number of hydrogen-bond acceptors (Lipinski definition) is 2. The first-order chi connectivity index (χ1) is 7.36. The molecule has 0 amide bonds. The minimum atomic E-state index is 0.694. The van der Waals surface area contributed by atoms with E-state index in [1.165, 1.54) is 51.5 Å². The quantitative estimate of drug-likeness (QED) is 0.772. The highest BCUT2D eigenvalue weighted by Gasteiger charge is 2.34. The predicted octanol–water partition coefficient (Wildman–Crippen LogP) is 2.38. The molecule has 0 bridgehead atoms. The van der Waals surface area contributed by atoms with Crippen molar-refractivity contribution in [1.29, 1.82) is 0 Å². The fourth-order valence-corrected chi connectivity index (χ4v) is 3.67. The van der Waals surface area contributed by atoms with Crippen LogP contribution in [-0.2, 0) is 0 Å². The highest BCUT2D eigenvalue weighted by atomic mass is 15.2. The zero-order valence-corrected chi connectivity index (χ0v) is 10.1. The van der Waals surface area contributed by atoms with Crippen molar-refractivity contribution in [2.45, 2.75) is 64.0 Å². The van der Waals surface area contributed by atoms with E-state index in [1.807, 2.05) is 0 Å². The second-order valence-electron chi connectivity index (χ2n) is 5.29. The van der Waals surface area contributed by atoms with Crippen LogP contribution in [-0.4, -0.2) is 30.1 Å². The number of nitrogens with two attached hydrogens (primary N) is 1. The van der Waals surface area contributed by atoms with E-state index in [0.29, 0.717) is 6.04 Å². The summed E-state index contributed by atoms with van der Waals surface area (Å²) < 4.78 is 0. The van der Waals surface area contributed by atoms with Crippen molar-refractivity contribution >= 4 is 0 Å². The summed E-state index contributed by atoms with van der Waals surface area (Å²) in [6, 6.07) is 1.53. The molecule has 1 aliphatic carbocycles. The Morgan fingerprint density at radius 2 is 1.93 bits per heavy atom. The van der Waals surface area contributed by atoms with Crippen LogP contribution in [0.1, 0.15) is 51.9 Å². The fourth-order valence-electron chi connectivity index (χ4n) is 3.67. The Hall–Kier alpha value is -0.0800. The van der Waals surface area contributed by atoms with Gasteiger partial charge in [0.2, 0.25) is 0 Å². The molecule has 0 radical (unpaired) electrons.